The van der Waals surface area contributed by atoms with Crippen LogP contribution in [0.1, 0.15) is 23.9 Å². The van der Waals surface area contributed by atoms with Crippen LogP contribution in [-0.4, -0.2) is 16.5 Å². The summed E-state index contributed by atoms with van der Waals surface area (Å²) in [6, 6.07) is 8.32. The maximum absolute atomic E-state index is 4.53. The van der Waals surface area contributed by atoms with Gasteiger partial charge in [-0.15, -0.1) is 0 Å². The van der Waals surface area contributed by atoms with Crippen molar-refractivity contribution in [1.82, 2.24) is 9.97 Å². The van der Waals surface area contributed by atoms with E-state index in [0.29, 0.717) is 0 Å². The SMILES string of the molecule is CCNc1nc(Cc2ccccc2C)ncc1Br. The highest BCUT2D eigenvalue weighted by molar-refractivity contribution is 9.10. The number of hydrogen-bond donors (Lipinski definition) is 1. The Morgan fingerprint density at radius 2 is 2.06 bits per heavy atom. The van der Waals surface area contributed by atoms with Gasteiger partial charge in [-0.25, -0.2) is 9.97 Å². The first-order valence-electron chi connectivity index (χ1n) is 6.00. The van der Waals surface area contributed by atoms with Crippen LogP contribution >= 0.6 is 15.9 Å². The van der Waals surface area contributed by atoms with Crippen LogP contribution in [0.15, 0.2) is 34.9 Å². The molecular weight excluding hydrogens is 290 g/mol. The predicted molar refractivity (Wildman–Crippen MR) is 77.9 cm³/mol. The van der Waals surface area contributed by atoms with Gasteiger partial charge in [-0.2, -0.15) is 0 Å². The summed E-state index contributed by atoms with van der Waals surface area (Å²) in [5.41, 5.74) is 2.54. The molecule has 0 unspecified atom stereocenters. The number of aryl methyl sites for hydroxylation is 1. The lowest BCUT2D eigenvalue weighted by Gasteiger charge is -2.08. The van der Waals surface area contributed by atoms with Crippen LogP contribution in [0, 0.1) is 6.92 Å². The second-order valence-electron chi connectivity index (χ2n) is 4.12. The molecule has 0 aliphatic heterocycles. The van der Waals surface area contributed by atoms with Gasteiger partial charge in [-0.05, 0) is 40.9 Å². The highest BCUT2D eigenvalue weighted by Gasteiger charge is 2.06. The third-order valence-electron chi connectivity index (χ3n) is 2.75. The van der Waals surface area contributed by atoms with E-state index >= 15 is 0 Å². The molecule has 1 aromatic carbocycles. The van der Waals surface area contributed by atoms with Crippen LogP contribution in [-0.2, 0) is 6.42 Å². The first kappa shape index (κ1) is 13.0. The van der Waals surface area contributed by atoms with Crippen LogP contribution in [0.5, 0.6) is 0 Å². The summed E-state index contributed by atoms with van der Waals surface area (Å²) in [5.74, 6) is 1.69. The topological polar surface area (TPSA) is 37.8 Å². The fourth-order valence-corrected chi connectivity index (χ4v) is 2.09. The molecule has 0 bridgehead atoms. The summed E-state index contributed by atoms with van der Waals surface area (Å²) in [6.45, 7) is 5.01. The highest BCUT2D eigenvalue weighted by Crippen LogP contribution is 2.19. The molecular formula is C14H16BrN3. The van der Waals surface area contributed by atoms with Crippen molar-refractivity contribution in [2.45, 2.75) is 20.3 Å². The molecule has 3 nitrogen and oxygen atoms in total. The van der Waals surface area contributed by atoms with Crippen molar-refractivity contribution in [2.24, 2.45) is 0 Å². The van der Waals surface area contributed by atoms with Gasteiger partial charge in [0.15, 0.2) is 0 Å². The van der Waals surface area contributed by atoms with Gasteiger partial charge in [0.25, 0.3) is 0 Å². The van der Waals surface area contributed by atoms with Crippen LogP contribution < -0.4 is 5.32 Å². The lowest BCUT2D eigenvalue weighted by atomic mass is 10.1. The van der Waals surface area contributed by atoms with Crippen LogP contribution in [0.2, 0.25) is 0 Å². The first-order chi connectivity index (χ1) is 8.70. The molecule has 0 aliphatic rings. The molecule has 0 amide bonds. The molecule has 18 heavy (non-hydrogen) atoms. The summed E-state index contributed by atoms with van der Waals surface area (Å²) >= 11 is 3.44. The molecule has 1 heterocycles. The number of nitrogens with zero attached hydrogens (tertiary/aromatic N) is 2. The van der Waals surface area contributed by atoms with Crippen molar-refractivity contribution in [1.29, 1.82) is 0 Å². The van der Waals surface area contributed by atoms with Crippen LogP contribution in [0.25, 0.3) is 0 Å². The number of aromatic nitrogens is 2. The van der Waals surface area contributed by atoms with Crippen molar-refractivity contribution in [3.63, 3.8) is 0 Å². The smallest absolute Gasteiger partial charge is 0.144 e. The Labute approximate surface area is 116 Å². The van der Waals surface area contributed by atoms with Crippen LogP contribution in [0.3, 0.4) is 0 Å². The summed E-state index contributed by atoms with van der Waals surface area (Å²) in [6.07, 6.45) is 2.57. The number of hydrogen-bond acceptors (Lipinski definition) is 3. The van der Waals surface area contributed by atoms with E-state index in [0.717, 1.165) is 29.1 Å². The molecule has 1 aromatic heterocycles. The summed E-state index contributed by atoms with van der Waals surface area (Å²) in [7, 11) is 0. The number of rotatable bonds is 4. The van der Waals surface area contributed by atoms with Crippen molar-refractivity contribution in [3.05, 3.63) is 51.9 Å². The van der Waals surface area contributed by atoms with E-state index in [2.05, 4.69) is 57.2 Å². The Hall–Kier alpha value is -1.42. The number of nitrogens with one attached hydrogen (secondary N) is 1. The molecule has 94 valence electrons. The maximum atomic E-state index is 4.53. The average Bonchev–Trinajstić information content (AvgIpc) is 2.36. The molecule has 0 atom stereocenters. The van der Waals surface area contributed by atoms with Gasteiger partial charge < -0.3 is 5.32 Å². The minimum atomic E-state index is 0.762. The number of benzene rings is 1. The molecule has 2 rings (SSSR count). The lowest BCUT2D eigenvalue weighted by Crippen LogP contribution is -2.05. The van der Waals surface area contributed by atoms with E-state index in [1.807, 2.05) is 12.1 Å². The zero-order valence-electron chi connectivity index (χ0n) is 10.6. The van der Waals surface area contributed by atoms with Crippen molar-refractivity contribution in [3.8, 4) is 0 Å². The standard InChI is InChI=1S/C14H16BrN3/c1-3-16-14-12(15)9-17-13(18-14)8-11-7-5-4-6-10(11)2/h4-7,9H,3,8H2,1-2H3,(H,16,17,18). The first-order valence-corrected chi connectivity index (χ1v) is 6.79. The maximum Gasteiger partial charge on any atom is 0.144 e. The molecule has 0 radical (unpaired) electrons. The van der Waals surface area contributed by atoms with Gasteiger partial charge in [-0.3, -0.25) is 0 Å². The quantitative estimate of drug-likeness (QED) is 0.938. The van der Waals surface area contributed by atoms with Gasteiger partial charge >= 0.3 is 0 Å². The molecule has 0 saturated heterocycles. The Balaban J connectivity index is 2.24. The van der Waals surface area contributed by atoms with E-state index in [9.17, 15) is 0 Å². The lowest BCUT2D eigenvalue weighted by molar-refractivity contribution is 0.950. The Bertz CT molecular complexity index is 540. The highest BCUT2D eigenvalue weighted by atomic mass is 79.9. The molecule has 0 spiro atoms. The third-order valence-corrected chi connectivity index (χ3v) is 3.33. The van der Waals surface area contributed by atoms with Crippen molar-refractivity contribution < 1.29 is 0 Å². The second-order valence-corrected chi connectivity index (χ2v) is 4.97. The van der Waals surface area contributed by atoms with Crippen molar-refractivity contribution >= 4 is 21.7 Å². The van der Waals surface area contributed by atoms with E-state index in [1.165, 1.54) is 11.1 Å². The van der Waals surface area contributed by atoms with Crippen molar-refractivity contribution in [2.75, 3.05) is 11.9 Å². The van der Waals surface area contributed by atoms with Gasteiger partial charge in [-0.1, -0.05) is 24.3 Å². The van der Waals surface area contributed by atoms with Gasteiger partial charge in [0.2, 0.25) is 0 Å². The largest absolute Gasteiger partial charge is 0.369 e. The Morgan fingerprint density at radius 1 is 1.28 bits per heavy atom. The zero-order valence-corrected chi connectivity index (χ0v) is 12.2. The fraction of sp³-hybridized carbons (Fsp3) is 0.286. The average molecular weight is 306 g/mol. The Morgan fingerprint density at radius 3 is 2.78 bits per heavy atom. The molecule has 2 aromatic rings. The van der Waals surface area contributed by atoms with E-state index in [-0.39, 0.29) is 0 Å². The summed E-state index contributed by atoms with van der Waals surface area (Å²) < 4.78 is 0.901. The molecule has 0 saturated carbocycles. The minimum absolute atomic E-state index is 0.762. The number of halogens is 1. The van der Waals surface area contributed by atoms with E-state index < -0.39 is 0 Å². The third kappa shape index (κ3) is 3.07. The van der Waals surface area contributed by atoms with Gasteiger partial charge in [0, 0.05) is 19.2 Å². The molecule has 0 aliphatic carbocycles. The second kappa shape index (κ2) is 5.96. The molecule has 1 N–H and O–H groups in total. The normalized spacial score (nSPS) is 10.4. The summed E-state index contributed by atoms with van der Waals surface area (Å²) in [5, 5.41) is 3.22. The minimum Gasteiger partial charge on any atom is -0.369 e. The van der Waals surface area contributed by atoms with Gasteiger partial charge in [0.05, 0.1) is 4.47 Å². The zero-order chi connectivity index (χ0) is 13.0. The molecule has 0 fully saturated rings. The monoisotopic (exact) mass is 305 g/mol. The van der Waals surface area contributed by atoms with E-state index in [1.54, 1.807) is 6.20 Å². The van der Waals surface area contributed by atoms with E-state index in [4.69, 9.17) is 0 Å². The number of anilines is 1. The summed E-state index contributed by atoms with van der Waals surface area (Å²) in [4.78, 5) is 8.89. The molecule has 4 heteroatoms. The Kier molecular flexibility index (Phi) is 4.31. The van der Waals surface area contributed by atoms with Crippen LogP contribution in [0.4, 0.5) is 5.82 Å². The predicted octanol–water partition coefficient (Wildman–Crippen LogP) is 3.57. The fourth-order valence-electron chi connectivity index (χ4n) is 1.76. The van der Waals surface area contributed by atoms with Gasteiger partial charge in [0.1, 0.15) is 11.6 Å².